The maximum atomic E-state index is 11.7. The molecule has 0 spiro atoms. The van der Waals surface area contributed by atoms with Crippen LogP contribution in [0.2, 0.25) is 0 Å². The second kappa shape index (κ2) is 6.43. The molecule has 1 aliphatic rings. The molecular formula is C14H21N3O2. The molecule has 0 bridgehead atoms. The van der Waals surface area contributed by atoms with Gasteiger partial charge in [-0.1, -0.05) is 0 Å². The van der Waals surface area contributed by atoms with Gasteiger partial charge in [-0.2, -0.15) is 0 Å². The molecule has 5 nitrogen and oxygen atoms in total. The predicted octanol–water partition coefficient (Wildman–Crippen LogP) is 2.05. The van der Waals surface area contributed by atoms with Crippen LogP contribution in [0.15, 0.2) is 24.3 Å². The minimum atomic E-state index is -0.187. The smallest absolute Gasteiger partial charge is 0.319 e. The third kappa shape index (κ3) is 4.13. The summed E-state index contributed by atoms with van der Waals surface area (Å²) in [6.07, 6.45) is 2.28. The average molecular weight is 263 g/mol. The fourth-order valence-electron chi connectivity index (χ4n) is 2.03. The second-order valence-electron chi connectivity index (χ2n) is 4.91. The molecule has 0 aromatic heterocycles. The van der Waals surface area contributed by atoms with Crippen LogP contribution in [0.4, 0.5) is 16.2 Å². The predicted molar refractivity (Wildman–Crippen MR) is 76.8 cm³/mol. The monoisotopic (exact) mass is 263 g/mol. The first-order chi connectivity index (χ1) is 9.15. The van der Waals surface area contributed by atoms with Crippen molar-refractivity contribution in [3.8, 4) is 0 Å². The lowest BCUT2D eigenvalue weighted by atomic mass is 10.2. The molecule has 2 rings (SSSR count). The van der Waals surface area contributed by atoms with Crippen molar-refractivity contribution in [2.45, 2.75) is 18.9 Å². The highest BCUT2D eigenvalue weighted by Crippen LogP contribution is 2.15. The first kappa shape index (κ1) is 13.7. The van der Waals surface area contributed by atoms with E-state index in [1.54, 1.807) is 0 Å². The Balaban J connectivity index is 1.77. The molecular weight excluding hydrogens is 242 g/mol. The third-order valence-corrected chi connectivity index (χ3v) is 3.16. The van der Waals surface area contributed by atoms with Gasteiger partial charge in [0.05, 0.1) is 6.10 Å². The van der Waals surface area contributed by atoms with E-state index in [9.17, 15) is 4.79 Å². The van der Waals surface area contributed by atoms with Gasteiger partial charge in [-0.3, -0.25) is 0 Å². The Morgan fingerprint density at radius 1 is 1.37 bits per heavy atom. The zero-order valence-electron chi connectivity index (χ0n) is 11.5. The highest BCUT2D eigenvalue weighted by atomic mass is 16.5. The number of benzene rings is 1. The molecule has 1 unspecified atom stereocenters. The van der Waals surface area contributed by atoms with Crippen molar-refractivity contribution in [1.82, 2.24) is 5.32 Å². The normalized spacial score (nSPS) is 18.1. The van der Waals surface area contributed by atoms with E-state index in [0.717, 1.165) is 30.8 Å². The number of carbonyl (C=O) groups excluding carboxylic acids is 1. The van der Waals surface area contributed by atoms with Gasteiger partial charge in [0, 0.05) is 38.6 Å². The van der Waals surface area contributed by atoms with Gasteiger partial charge in [0.25, 0.3) is 0 Å². The number of carbonyl (C=O) groups is 1. The molecule has 5 heteroatoms. The lowest BCUT2D eigenvalue weighted by Crippen LogP contribution is -2.35. The van der Waals surface area contributed by atoms with E-state index >= 15 is 0 Å². The Labute approximate surface area is 113 Å². The fraction of sp³-hybridized carbons (Fsp3) is 0.500. The van der Waals surface area contributed by atoms with E-state index in [2.05, 4.69) is 10.6 Å². The van der Waals surface area contributed by atoms with Crippen molar-refractivity contribution >= 4 is 17.4 Å². The molecule has 1 fully saturated rings. The van der Waals surface area contributed by atoms with Crippen LogP contribution in [0.1, 0.15) is 12.8 Å². The summed E-state index contributed by atoms with van der Waals surface area (Å²) < 4.78 is 5.45. The molecule has 1 aromatic carbocycles. The van der Waals surface area contributed by atoms with Gasteiger partial charge in [-0.25, -0.2) is 4.79 Å². The van der Waals surface area contributed by atoms with E-state index in [-0.39, 0.29) is 12.1 Å². The number of urea groups is 1. The number of rotatable bonds is 4. The Hall–Kier alpha value is -1.75. The Morgan fingerprint density at radius 3 is 2.68 bits per heavy atom. The van der Waals surface area contributed by atoms with Crippen molar-refractivity contribution in [2.24, 2.45) is 0 Å². The first-order valence-corrected chi connectivity index (χ1v) is 6.59. The molecule has 2 N–H and O–H groups in total. The van der Waals surface area contributed by atoms with Gasteiger partial charge < -0.3 is 20.3 Å². The van der Waals surface area contributed by atoms with Gasteiger partial charge in [0.15, 0.2) is 0 Å². The minimum Gasteiger partial charge on any atom is -0.378 e. The summed E-state index contributed by atoms with van der Waals surface area (Å²) >= 11 is 0. The minimum absolute atomic E-state index is 0.168. The third-order valence-electron chi connectivity index (χ3n) is 3.16. The molecule has 0 radical (unpaired) electrons. The SMILES string of the molecule is CN(C)c1ccc(NC(=O)NCC2CCCO2)cc1. The van der Waals surface area contributed by atoms with E-state index in [1.807, 2.05) is 43.3 Å². The van der Waals surface area contributed by atoms with E-state index in [0.29, 0.717) is 6.54 Å². The topological polar surface area (TPSA) is 53.6 Å². The number of anilines is 2. The van der Waals surface area contributed by atoms with Crippen LogP contribution < -0.4 is 15.5 Å². The standard InChI is InChI=1S/C14H21N3O2/c1-17(2)12-7-5-11(6-8-12)16-14(18)15-10-13-4-3-9-19-13/h5-8,13H,3-4,9-10H2,1-2H3,(H2,15,16,18). The summed E-state index contributed by atoms with van der Waals surface area (Å²) in [6, 6.07) is 7.53. The maximum Gasteiger partial charge on any atom is 0.319 e. The molecule has 0 saturated carbocycles. The highest BCUT2D eigenvalue weighted by molar-refractivity contribution is 5.89. The largest absolute Gasteiger partial charge is 0.378 e. The number of nitrogens with zero attached hydrogens (tertiary/aromatic N) is 1. The number of ether oxygens (including phenoxy) is 1. The van der Waals surface area contributed by atoms with Gasteiger partial charge in [0.2, 0.25) is 0 Å². The molecule has 1 atom stereocenters. The lowest BCUT2D eigenvalue weighted by molar-refractivity contribution is 0.112. The van der Waals surface area contributed by atoms with Crippen molar-refractivity contribution in [2.75, 3.05) is 37.5 Å². The summed E-state index contributed by atoms with van der Waals surface area (Å²) in [7, 11) is 3.97. The summed E-state index contributed by atoms with van der Waals surface area (Å²) in [5.41, 5.74) is 1.89. The first-order valence-electron chi connectivity index (χ1n) is 6.59. The second-order valence-corrected chi connectivity index (χ2v) is 4.91. The van der Waals surface area contributed by atoms with Crippen molar-refractivity contribution < 1.29 is 9.53 Å². The van der Waals surface area contributed by atoms with Crippen LogP contribution in [0.5, 0.6) is 0 Å². The van der Waals surface area contributed by atoms with Gasteiger partial charge in [0.1, 0.15) is 0 Å². The number of hydrogen-bond acceptors (Lipinski definition) is 3. The summed E-state index contributed by atoms with van der Waals surface area (Å²) in [5, 5.41) is 5.63. The molecule has 1 heterocycles. The van der Waals surface area contributed by atoms with Crippen LogP contribution in [0.25, 0.3) is 0 Å². The number of hydrogen-bond donors (Lipinski definition) is 2. The highest BCUT2D eigenvalue weighted by Gasteiger charge is 2.15. The van der Waals surface area contributed by atoms with Gasteiger partial charge >= 0.3 is 6.03 Å². The van der Waals surface area contributed by atoms with E-state index in [1.165, 1.54) is 0 Å². The van der Waals surface area contributed by atoms with Crippen molar-refractivity contribution in [1.29, 1.82) is 0 Å². The van der Waals surface area contributed by atoms with Crippen LogP contribution in [0, 0.1) is 0 Å². The van der Waals surface area contributed by atoms with Crippen LogP contribution in [0.3, 0.4) is 0 Å². The Morgan fingerprint density at radius 2 is 2.11 bits per heavy atom. The molecule has 1 aliphatic heterocycles. The van der Waals surface area contributed by atoms with Crippen molar-refractivity contribution in [3.63, 3.8) is 0 Å². The molecule has 0 aliphatic carbocycles. The Bertz CT molecular complexity index is 411. The zero-order chi connectivity index (χ0) is 13.7. The maximum absolute atomic E-state index is 11.7. The lowest BCUT2D eigenvalue weighted by Gasteiger charge is -2.14. The van der Waals surface area contributed by atoms with E-state index < -0.39 is 0 Å². The molecule has 1 saturated heterocycles. The molecule has 104 valence electrons. The van der Waals surface area contributed by atoms with Crippen molar-refractivity contribution in [3.05, 3.63) is 24.3 Å². The number of amides is 2. The molecule has 1 aromatic rings. The fourth-order valence-corrected chi connectivity index (χ4v) is 2.03. The van der Waals surface area contributed by atoms with Crippen LogP contribution in [-0.2, 0) is 4.74 Å². The van der Waals surface area contributed by atoms with Gasteiger partial charge in [-0.15, -0.1) is 0 Å². The zero-order valence-corrected chi connectivity index (χ0v) is 11.5. The summed E-state index contributed by atoms with van der Waals surface area (Å²) in [5.74, 6) is 0. The molecule has 2 amide bonds. The average Bonchev–Trinajstić information content (AvgIpc) is 2.90. The van der Waals surface area contributed by atoms with Gasteiger partial charge in [-0.05, 0) is 37.1 Å². The van der Waals surface area contributed by atoms with Crippen LogP contribution in [-0.4, -0.2) is 39.4 Å². The molecule has 19 heavy (non-hydrogen) atoms. The number of nitrogens with one attached hydrogen (secondary N) is 2. The Kier molecular flexibility index (Phi) is 4.63. The van der Waals surface area contributed by atoms with Crippen LogP contribution >= 0.6 is 0 Å². The summed E-state index contributed by atoms with van der Waals surface area (Å²) in [6.45, 7) is 1.38. The summed E-state index contributed by atoms with van der Waals surface area (Å²) in [4.78, 5) is 13.7. The van der Waals surface area contributed by atoms with E-state index in [4.69, 9.17) is 4.74 Å². The quantitative estimate of drug-likeness (QED) is 0.874.